The fraction of sp³-hybridized carbons (Fsp3) is 0.364. The molecule has 142 valence electrons. The molecule has 0 bridgehead atoms. The van der Waals surface area contributed by atoms with Gasteiger partial charge in [0.1, 0.15) is 5.75 Å². The maximum Gasteiger partial charge on any atom is 0.438 e. The topological polar surface area (TPSA) is 80.7 Å². The quantitative estimate of drug-likeness (QED) is 0.241. The molecule has 0 heterocycles. The standard InChI is InChI=1S/C11H6F6I2O5S/c12-10(13,14)9(11(15,16)17,4-25(21,22)23)24-8(20)6-3-5(18)1-2-7(6)19/h1-3H,4H2,(H,21,22,23). The van der Waals surface area contributed by atoms with E-state index in [9.17, 15) is 39.6 Å². The summed E-state index contributed by atoms with van der Waals surface area (Å²) in [5.41, 5.74) is -6.05. The smallest absolute Gasteiger partial charge is 0.435 e. The van der Waals surface area contributed by atoms with Crippen LogP contribution in [0.2, 0.25) is 0 Å². The number of carbonyl (C=O) groups is 1. The average molecular weight is 618 g/mol. The normalized spacial score (nSPS) is 13.6. The van der Waals surface area contributed by atoms with Gasteiger partial charge in [-0.15, -0.1) is 0 Å². The molecule has 25 heavy (non-hydrogen) atoms. The maximum atomic E-state index is 13.1. The summed E-state index contributed by atoms with van der Waals surface area (Å²) < 4.78 is 112. The zero-order chi connectivity index (χ0) is 19.8. The number of benzene rings is 1. The third-order valence-corrected chi connectivity index (χ3v) is 5.10. The van der Waals surface area contributed by atoms with Crippen LogP contribution in [0.15, 0.2) is 18.2 Å². The van der Waals surface area contributed by atoms with Gasteiger partial charge in [-0.05, 0) is 63.4 Å². The lowest BCUT2D eigenvalue weighted by Crippen LogP contribution is -2.63. The summed E-state index contributed by atoms with van der Waals surface area (Å²) in [6.45, 7) is 0. The van der Waals surface area contributed by atoms with E-state index in [0.717, 1.165) is 6.07 Å². The summed E-state index contributed by atoms with van der Waals surface area (Å²) >= 11 is 3.14. The molecule has 1 rings (SSSR count). The van der Waals surface area contributed by atoms with Gasteiger partial charge in [0.2, 0.25) is 0 Å². The Morgan fingerprint density at radius 1 is 1.08 bits per heavy atom. The van der Waals surface area contributed by atoms with Gasteiger partial charge in [-0.3, -0.25) is 4.55 Å². The van der Waals surface area contributed by atoms with Gasteiger partial charge in [0.05, 0.1) is 5.56 Å². The predicted octanol–water partition coefficient (Wildman–Crippen LogP) is 3.80. The highest BCUT2D eigenvalue weighted by molar-refractivity contribution is 14.1. The molecule has 14 heteroatoms. The van der Waals surface area contributed by atoms with Crippen LogP contribution in [-0.4, -0.2) is 42.6 Å². The Morgan fingerprint density at radius 2 is 1.56 bits per heavy atom. The molecule has 1 aromatic rings. The number of ether oxygens (including phenoxy) is 1. The molecular formula is C11H6F6I2O5S. The van der Waals surface area contributed by atoms with Crippen LogP contribution in [0.25, 0.3) is 0 Å². The Hall–Kier alpha value is -0.360. The van der Waals surface area contributed by atoms with Gasteiger partial charge in [-0.2, -0.15) is 34.8 Å². The van der Waals surface area contributed by atoms with Crippen LogP contribution < -0.4 is 0 Å². The molecular weight excluding hydrogens is 612 g/mol. The summed E-state index contributed by atoms with van der Waals surface area (Å²) in [5.74, 6) is -4.96. The first kappa shape index (κ1) is 22.7. The monoisotopic (exact) mass is 618 g/mol. The van der Waals surface area contributed by atoms with Crippen molar-refractivity contribution in [2.45, 2.75) is 18.0 Å². The number of hydrogen-bond donors (Lipinski definition) is 1. The summed E-state index contributed by atoms with van der Waals surface area (Å²) in [7, 11) is -5.81. The van der Waals surface area contributed by atoms with Crippen molar-refractivity contribution in [2.75, 3.05) is 5.75 Å². The van der Waals surface area contributed by atoms with E-state index in [-0.39, 0.29) is 3.57 Å². The molecule has 1 aromatic carbocycles. The Kier molecular flexibility index (Phi) is 6.66. The molecule has 0 aliphatic heterocycles. The number of hydrogen-bond acceptors (Lipinski definition) is 4. The van der Waals surface area contributed by atoms with Crippen LogP contribution in [-0.2, 0) is 14.9 Å². The Balaban J connectivity index is 3.53. The van der Waals surface area contributed by atoms with E-state index < -0.39 is 45.4 Å². The second-order valence-electron chi connectivity index (χ2n) is 4.56. The highest BCUT2D eigenvalue weighted by Crippen LogP contribution is 2.47. The summed E-state index contributed by atoms with van der Waals surface area (Å²) in [6, 6.07) is 3.64. The molecule has 0 aliphatic carbocycles. The van der Waals surface area contributed by atoms with Gasteiger partial charge in [0, 0.05) is 7.14 Å². The highest BCUT2D eigenvalue weighted by Gasteiger charge is 2.76. The highest BCUT2D eigenvalue weighted by atomic mass is 127. The Morgan fingerprint density at radius 3 is 1.96 bits per heavy atom. The van der Waals surface area contributed by atoms with Crippen LogP contribution in [0.4, 0.5) is 26.3 Å². The third-order valence-electron chi connectivity index (χ3n) is 2.72. The second kappa shape index (κ2) is 7.34. The van der Waals surface area contributed by atoms with Crippen LogP contribution in [0.1, 0.15) is 10.4 Å². The molecule has 0 aromatic heterocycles. The van der Waals surface area contributed by atoms with E-state index in [4.69, 9.17) is 4.55 Å². The van der Waals surface area contributed by atoms with Crippen molar-refractivity contribution in [3.05, 3.63) is 30.9 Å². The Bertz CT molecular complexity index is 760. The largest absolute Gasteiger partial charge is 0.438 e. The number of halogens is 8. The average Bonchev–Trinajstić information content (AvgIpc) is 2.36. The third kappa shape index (κ3) is 5.31. The van der Waals surface area contributed by atoms with Crippen LogP contribution >= 0.6 is 45.2 Å². The molecule has 0 saturated heterocycles. The molecule has 0 amide bonds. The van der Waals surface area contributed by atoms with Crippen molar-refractivity contribution in [3.8, 4) is 0 Å². The van der Waals surface area contributed by atoms with E-state index in [1.165, 1.54) is 34.7 Å². The molecule has 0 fully saturated rings. The zero-order valence-electron chi connectivity index (χ0n) is 11.5. The van der Waals surface area contributed by atoms with Crippen molar-refractivity contribution in [1.82, 2.24) is 0 Å². The van der Waals surface area contributed by atoms with Gasteiger partial charge in [-0.1, -0.05) is 0 Å². The summed E-state index contributed by atoms with van der Waals surface area (Å²) in [4.78, 5) is 11.9. The molecule has 0 radical (unpaired) electrons. The van der Waals surface area contributed by atoms with E-state index >= 15 is 0 Å². The predicted molar refractivity (Wildman–Crippen MR) is 88.5 cm³/mol. The minimum atomic E-state index is -6.36. The number of esters is 1. The fourth-order valence-corrected chi connectivity index (χ4v) is 3.54. The molecule has 0 saturated carbocycles. The molecule has 0 spiro atoms. The summed E-state index contributed by atoms with van der Waals surface area (Å²) in [6.07, 6.45) is -12.7. The first-order valence-corrected chi connectivity index (χ1v) is 9.54. The van der Waals surface area contributed by atoms with Crippen molar-refractivity contribution >= 4 is 61.3 Å². The first-order valence-electron chi connectivity index (χ1n) is 5.77. The Labute approximate surface area is 164 Å². The van der Waals surface area contributed by atoms with Gasteiger partial charge >= 0.3 is 23.9 Å². The lowest BCUT2D eigenvalue weighted by Gasteiger charge is -2.35. The molecule has 1 N–H and O–H groups in total. The van der Waals surface area contributed by atoms with Crippen molar-refractivity contribution in [2.24, 2.45) is 0 Å². The molecule has 0 aliphatic rings. The lowest BCUT2D eigenvalue weighted by molar-refractivity contribution is -0.356. The van der Waals surface area contributed by atoms with E-state index in [1.807, 2.05) is 0 Å². The van der Waals surface area contributed by atoms with E-state index in [2.05, 4.69) is 4.74 Å². The van der Waals surface area contributed by atoms with Crippen molar-refractivity contribution < 1.29 is 48.8 Å². The number of alkyl halides is 6. The zero-order valence-corrected chi connectivity index (χ0v) is 16.6. The SMILES string of the molecule is O=C(OC(CS(=O)(=O)O)(C(F)(F)F)C(F)(F)F)c1cc(I)ccc1I. The first-order chi connectivity index (χ1) is 11.0. The van der Waals surface area contributed by atoms with Gasteiger partial charge in [0.15, 0.2) is 0 Å². The minimum Gasteiger partial charge on any atom is -0.435 e. The van der Waals surface area contributed by atoms with Crippen LogP contribution in [0.5, 0.6) is 0 Å². The lowest BCUT2D eigenvalue weighted by atomic mass is 10.1. The van der Waals surface area contributed by atoms with E-state index in [1.54, 1.807) is 22.6 Å². The molecule has 5 nitrogen and oxygen atoms in total. The van der Waals surface area contributed by atoms with Crippen LogP contribution in [0, 0.1) is 7.14 Å². The van der Waals surface area contributed by atoms with E-state index in [0.29, 0.717) is 3.57 Å². The van der Waals surface area contributed by atoms with Crippen molar-refractivity contribution in [3.63, 3.8) is 0 Å². The maximum absolute atomic E-state index is 13.1. The van der Waals surface area contributed by atoms with Gasteiger partial charge in [0.25, 0.3) is 10.1 Å². The molecule has 0 atom stereocenters. The molecule has 0 unspecified atom stereocenters. The number of carbonyl (C=O) groups excluding carboxylic acids is 1. The second-order valence-corrected chi connectivity index (χ2v) is 8.42. The minimum absolute atomic E-state index is 0.0203. The van der Waals surface area contributed by atoms with Gasteiger partial charge < -0.3 is 4.74 Å². The summed E-state index contributed by atoms with van der Waals surface area (Å²) in [5, 5.41) is 0. The number of rotatable bonds is 4. The van der Waals surface area contributed by atoms with Crippen LogP contribution in [0.3, 0.4) is 0 Å². The van der Waals surface area contributed by atoms with Crippen molar-refractivity contribution in [1.29, 1.82) is 0 Å². The van der Waals surface area contributed by atoms with Gasteiger partial charge in [-0.25, -0.2) is 4.79 Å². The fourth-order valence-electron chi connectivity index (χ4n) is 1.59.